The molecule has 0 unspecified atom stereocenters. The van der Waals surface area contributed by atoms with Crippen LogP contribution in [0.2, 0.25) is 0 Å². The van der Waals surface area contributed by atoms with Crippen molar-refractivity contribution in [2.24, 2.45) is 0 Å². The van der Waals surface area contributed by atoms with Crippen molar-refractivity contribution < 1.29 is 40.5 Å². The van der Waals surface area contributed by atoms with E-state index in [-0.39, 0.29) is 22.8 Å². The number of anilines is 2. The number of nitrogens with one attached hydrogen (secondary N) is 2. The van der Waals surface area contributed by atoms with Gasteiger partial charge in [-0.2, -0.15) is 0 Å². The first kappa shape index (κ1) is 25.5. The van der Waals surface area contributed by atoms with Crippen molar-refractivity contribution in [1.29, 1.82) is 0 Å². The van der Waals surface area contributed by atoms with Crippen LogP contribution < -0.4 is 16.4 Å². The highest BCUT2D eigenvalue weighted by atomic mass is 32.1. The average molecular weight is 493 g/mol. The van der Waals surface area contributed by atoms with Crippen molar-refractivity contribution in [3.05, 3.63) is 71.4 Å². The van der Waals surface area contributed by atoms with Crippen LogP contribution in [0.5, 0.6) is 5.06 Å². The van der Waals surface area contributed by atoms with E-state index in [1.54, 1.807) is 30.3 Å². The van der Waals surface area contributed by atoms with E-state index in [1.165, 1.54) is 24.3 Å². The lowest BCUT2D eigenvalue weighted by molar-refractivity contribution is -0.221. The Morgan fingerprint density at radius 3 is 2.15 bits per heavy atom. The molecule has 2 aromatic carbocycles. The van der Waals surface area contributed by atoms with Crippen molar-refractivity contribution in [2.45, 2.75) is 23.9 Å². The number of nitrogens with zero attached hydrogens (tertiary/aromatic N) is 1. The predicted octanol–water partition coefficient (Wildman–Crippen LogP) is -1.18. The number of thiazole rings is 1. The molecule has 0 saturated heterocycles. The molecule has 34 heavy (non-hydrogen) atoms. The van der Waals surface area contributed by atoms with Crippen LogP contribution in [0.15, 0.2) is 54.6 Å². The highest BCUT2D eigenvalue weighted by Gasteiger charge is 2.41. The second-order valence-electron chi connectivity index (χ2n) is 7.56. The SMILES string of the molecule is Nc1nc(C(O)(O)C(=O)Nc2ccc(C(O)(O)CNC(O)(O)Cc3ccccc3)cc2)c(O)s1. The zero-order valence-electron chi connectivity index (χ0n) is 17.6. The minimum Gasteiger partial charge on any atom is -0.498 e. The summed E-state index contributed by atoms with van der Waals surface area (Å²) in [6.45, 7) is -0.653. The standard InChI is InChI=1S/C21H24N4O8S/c22-18-25-15(16(26)34-18)21(32,33)17(27)24-14-8-6-13(7-9-14)19(28,29)11-23-20(30,31)10-12-4-2-1-3-5-12/h1-9,23,26,28-33H,10-11H2,(H2,22,25)(H,24,27). The molecule has 0 aliphatic rings. The Labute approximate surface area is 197 Å². The Kier molecular flexibility index (Phi) is 7.21. The normalized spacial score (nSPS) is 12.5. The third-order valence-electron chi connectivity index (χ3n) is 4.79. The van der Waals surface area contributed by atoms with Gasteiger partial charge in [-0.15, -0.1) is 0 Å². The van der Waals surface area contributed by atoms with Crippen LogP contribution in [-0.4, -0.2) is 59.1 Å². The number of aromatic nitrogens is 1. The summed E-state index contributed by atoms with van der Waals surface area (Å²) in [5.74, 6) is -9.45. The van der Waals surface area contributed by atoms with Gasteiger partial charge in [0.25, 0.3) is 11.7 Å². The summed E-state index contributed by atoms with van der Waals surface area (Å²) in [4.78, 5) is 15.8. The summed E-state index contributed by atoms with van der Waals surface area (Å²) >= 11 is 0.556. The fourth-order valence-corrected chi connectivity index (χ4v) is 3.63. The number of hydrogen-bond donors (Lipinski definition) is 10. The molecule has 0 atom stereocenters. The molecule has 1 heterocycles. The Bertz CT molecular complexity index is 1130. The van der Waals surface area contributed by atoms with E-state index in [0.717, 1.165) is 0 Å². The zero-order valence-corrected chi connectivity index (χ0v) is 18.4. The van der Waals surface area contributed by atoms with Gasteiger partial charge in [-0.1, -0.05) is 53.8 Å². The number of rotatable bonds is 9. The van der Waals surface area contributed by atoms with Crippen LogP contribution in [-0.2, 0) is 22.8 Å². The Morgan fingerprint density at radius 1 is 0.971 bits per heavy atom. The molecule has 12 nitrogen and oxygen atoms in total. The molecular weight excluding hydrogens is 468 g/mol. The number of hydrogen-bond acceptors (Lipinski definition) is 12. The third kappa shape index (κ3) is 6.05. The van der Waals surface area contributed by atoms with Crippen LogP contribution in [0.4, 0.5) is 10.8 Å². The zero-order chi connectivity index (χ0) is 25.1. The highest BCUT2D eigenvalue weighted by Crippen LogP contribution is 2.34. The fraction of sp³-hybridized carbons (Fsp3) is 0.238. The second kappa shape index (κ2) is 9.61. The smallest absolute Gasteiger partial charge is 0.294 e. The Hall–Kier alpha value is -3.14. The predicted molar refractivity (Wildman–Crippen MR) is 121 cm³/mol. The molecule has 0 aliphatic heterocycles. The monoisotopic (exact) mass is 492 g/mol. The minimum atomic E-state index is -3.18. The first-order valence-electron chi connectivity index (χ1n) is 9.81. The number of amides is 1. The van der Waals surface area contributed by atoms with Crippen molar-refractivity contribution in [3.8, 4) is 5.06 Å². The second-order valence-corrected chi connectivity index (χ2v) is 8.57. The van der Waals surface area contributed by atoms with Crippen molar-refractivity contribution in [1.82, 2.24) is 10.3 Å². The first-order valence-corrected chi connectivity index (χ1v) is 10.6. The summed E-state index contributed by atoms with van der Waals surface area (Å²) < 4.78 is 0. The van der Waals surface area contributed by atoms with Gasteiger partial charge < -0.3 is 46.8 Å². The number of nitrogen functional groups attached to an aromatic ring is 1. The van der Waals surface area contributed by atoms with Crippen molar-refractivity contribution in [2.75, 3.05) is 17.6 Å². The van der Waals surface area contributed by atoms with Crippen LogP contribution in [0.3, 0.4) is 0 Å². The molecule has 1 amide bonds. The maximum absolute atomic E-state index is 12.3. The van der Waals surface area contributed by atoms with Crippen molar-refractivity contribution >= 4 is 28.1 Å². The van der Waals surface area contributed by atoms with Gasteiger partial charge in [0.15, 0.2) is 10.8 Å². The molecule has 11 N–H and O–H groups in total. The lowest BCUT2D eigenvalue weighted by Gasteiger charge is -2.29. The van der Waals surface area contributed by atoms with E-state index in [4.69, 9.17) is 5.73 Å². The van der Waals surface area contributed by atoms with Gasteiger partial charge in [0.05, 0.1) is 6.54 Å². The quantitative estimate of drug-likeness (QED) is 0.160. The molecule has 3 rings (SSSR count). The fourth-order valence-electron chi connectivity index (χ4n) is 3.01. The summed E-state index contributed by atoms with van der Waals surface area (Å²) in [5, 5.41) is 74.4. The molecule has 0 spiro atoms. The molecule has 3 aromatic rings. The number of benzene rings is 2. The Morgan fingerprint density at radius 2 is 1.59 bits per heavy atom. The lowest BCUT2D eigenvalue weighted by atomic mass is 10.0. The molecule has 0 fully saturated rings. The molecule has 182 valence electrons. The average Bonchev–Trinajstić information content (AvgIpc) is 3.12. The van der Waals surface area contributed by atoms with Crippen LogP contribution in [0.1, 0.15) is 16.8 Å². The van der Waals surface area contributed by atoms with E-state index < -0.39 is 40.7 Å². The highest BCUT2D eigenvalue weighted by molar-refractivity contribution is 7.17. The number of carbonyl (C=O) groups excluding carboxylic acids is 1. The molecular formula is C21H24N4O8S. The number of aromatic hydroxyl groups is 1. The minimum absolute atomic E-state index is 0.0513. The van der Waals surface area contributed by atoms with Gasteiger partial charge >= 0.3 is 0 Å². The molecule has 0 aliphatic carbocycles. The van der Waals surface area contributed by atoms with E-state index in [1.807, 2.05) is 0 Å². The van der Waals surface area contributed by atoms with Gasteiger partial charge in [0.2, 0.25) is 16.8 Å². The Balaban J connectivity index is 1.63. The third-order valence-corrected chi connectivity index (χ3v) is 5.48. The summed E-state index contributed by atoms with van der Waals surface area (Å²) in [7, 11) is 0. The largest absolute Gasteiger partial charge is 0.498 e. The van der Waals surface area contributed by atoms with Crippen molar-refractivity contribution in [3.63, 3.8) is 0 Å². The molecule has 0 radical (unpaired) electrons. The molecule has 0 saturated carbocycles. The summed E-state index contributed by atoms with van der Waals surface area (Å²) in [6.07, 6.45) is -0.209. The van der Waals surface area contributed by atoms with Gasteiger partial charge in [0, 0.05) is 17.7 Å². The van der Waals surface area contributed by atoms with E-state index in [9.17, 15) is 40.5 Å². The van der Waals surface area contributed by atoms with Gasteiger partial charge in [-0.25, -0.2) is 4.98 Å². The van der Waals surface area contributed by atoms with Gasteiger partial charge in [-0.05, 0) is 17.7 Å². The number of carbonyl (C=O) groups is 1. The maximum atomic E-state index is 12.3. The van der Waals surface area contributed by atoms with E-state index in [0.29, 0.717) is 16.9 Å². The van der Waals surface area contributed by atoms with Crippen LogP contribution in [0, 0.1) is 0 Å². The van der Waals surface area contributed by atoms with Gasteiger partial charge in [0.1, 0.15) is 0 Å². The number of nitrogens with two attached hydrogens (primary N) is 1. The van der Waals surface area contributed by atoms with E-state index in [2.05, 4.69) is 15.6 Å². The summed E-state index contributed by atoms with van der Waals surface area (Å²) in [6, 6.07) is 13.5. The topological polar surface area (TPSA) is 222 Å². The lowest BCUT2D eigenvalue weighted by Crippen LogP contribution is -2.52. The molecule has 0 bridgehead atoms. The maximum Gasteiger partial charge on any atom is 0.294 e. The van der Waals surface area contributed by atoms with E-state index >= 15 is 0 Å². The van der Waals surface area contributed by atoms with Crippen LogP contribution >= 0.6 is 11.3 Å². The molecule has 1 aromatic heterocycles. The van der Waals surface area contributed by atoms with Gasteiger partial charge in [-0.3, -0.25) is 10.1 Å². The number of aliphatic hydroxyl groups is 6. The summed E-state index contributed by atoms with van der Waals surface area (Å²) in [5.41, 5.74) is 5.26. The molecule has 13 heteroatoms. The first-order chi connectivity index (χ1) is 15.8. The van der Waals surface area contributed by atoms with Crippen LogP contribution in [0.25, 0.3) is 0 Å².